The number of hydrogen-bond donors (Lipinski definition) is 0. The van der Waals surface area contributed by atoms with Gasteiger partial charge in [-0.1, -0.05) is 12.2 Å². The summed E-state index contributed by atoms with van der Waals surface area (Å²) < 4.78 is 11.2. The number of rotatable bonds is 6. The molecular formula is C18H22N4O4. The van der Waals surface area contributed by atoms with Crippen LogP contribution in [-0.4, -0.2) is 77.1 Å². The van der Waals surface area contributed by atoms with Gasteiger partial charge in [-0.25, -0.2) is 0 Å². The molecular weight excluding hydrogens is 336 g/mol. The Morgan fingerprint density at radius 1 is 1.50 bits per heavy atom. The van der Waals surface area contributed by atoms with Gasteiger partial charge in [0.2, 0.25) is 11.8 Å². The van der Waals surface area contributed by atoms with Crippen molar-refractivity contribution in [1.29, 1.82) is 0 Å². The molecule has 0 radical (unpaired) electrons. The quantitative estimate of drug-likeness (QED) is 0.659. The molecule has 1 aromatic heterocycles. The summed E-state index contributed by atoms with van der Waals surface area (Å²) in [6, 6.07) is 0. The summed E-state index contributed by atoms with van der Waals surface area (Å²) in [6.45, 7) is 1.80. The lowest BCUT2D eigenvalue weighted by Crippen LogP contribution is -2.44. The summed E-state index contributed by atoms with van der Waals surface area (Å²) in [5.74, 6) is -1.09. The molecule has 4 atom stereocenters. The lowest BCUT2D eigenvalue weighted by atomic mass is 9.76. The lowest BCUT2D eigenvalue weighted by Gasteiger charge is -2.27. The molecule has 4 heterocycles. The molecule has 0 aliphatic carbocycles. The van der Waals surface area contributed by atoms with Gasteiger partial charge in [-0.2, -0.15) is 0 Å². The third-order valence-corrected chi connectivity index (χ3v) is 5.42. The minimum absolute atomic E-state index is 0.0276. The number of aromatic nitrogens is 2. The Hall–Kier alpha value is -2.32. The van der Waals surface area contributed by atoms with Crippen LogP contribution in [0.25, 0.3) is 0 Å². The van der Waals surface area contributed by atoms with E-state index in [4.69, 9.17) is 9.47 Å². The summed E-state index contributed by atoms with van der Waals surface area (Å²) in [4.78, 5) is 37.6. The van der Waals surface area contributed by atoms with Crippen molar-refractivity contribution in [3.05, 3.63) is 36.4 Å². The van der Waals surface area contributed by atoms with Crippen molar-refractivity contribution in [3.63, 3.8) is 0 Å². The minimum atomic E-state index is -0.677. The van der Waals surface area contributed by atoms with Crippen LogP contribution in [0.1, 0.15) is 5.69 Å². The molecule has 1 spiro atoms. The van der Waals surface area contributed by atoms with E-state index in [1.807, 2.05) is 12.2 Å². The zero-order valence-electron chi connectivity index (χ0n) is 14.9. The van der Waals surface area contributed by atoms with E-state index in [0.717, 1.165) is 0 Å². The van der Waals surface area contributed by atoms with Gasteiger partial charge in [0.05, 0.1) is 49.5 Å². The van der Waals surface area contributed by atoms with Crippen LogP contribution < -0.4 is 0 Å². The highest BCUT2D eigenvalue weighted by atomic mass is 16.5. The van der Waals surface area contributed by atoms with E-state index in [1.54, 1.807) is 42.5 Å². The summed E-state index contributed by atoms with van der Waals surface area (Å²) in [5, 5.41) is 0. The number of carbonyl (C=O) groups excluding carboxylic acids is 2. The first kappa shape index (κ1) is 17.1. The van der Waals surface area contributed by atoms with E-state index in [-0.39, 0.29) is 17.9 Å². The number of nitrogens with zero attached hydrogens (tertiary/aromatic N) is 4. The highest BCUT2D eigenvalue weighted by molar-refractivity contribution is 5.93. The first-order chi connectivity index (χ1) is 12.6. The monoisotopic (exact) mass is 358 g/mol. The van der Waals surface area contributed by atoms with E-state index >= 15 is 0 Å². The number of methoxy groups -OCH3 is 1. The second-order valence-corrected chi connectivity index (χ2v) is 7.04. The average Bonchev–Trinajstić information content (AvgIpc) is 3.28. The molecule has 4 rings (SSSR count). The molecule has 2 unspecified atom stereocenters. The normalized spacial score (nSPS) is 31.5. The molecule has 2 amide bonds. The molecule has 2 fully saturated rings. The van der Waals surface area contributed by atoms with Crippen molar-refractivity contribution in [2.24, 2.45) is 11.8 Å². The third kappa shape index (κ3) is 2.60. The van der Waals surface area contributed by atoms with Crippen LogP contribution in [0.2, 0.25) is 0 Å². The van der Waals surface area contributed by atoms with E-state index in [1.165, 1.54) is 0 Å². The number of amides is 2. The zero-order valence-corrected chi connectivity index (χ0v) is 14.9. The number of fused-ring (bicyclic) bond motifs is 1. The zero-order chi connectivity index (χ0) is 18.3. The van der Waals surface area contributed by atoms with Crippen molar-refractivity contribution in [2.45, 2.75) is 18.2 Å². The van der Waals surface area contributed by atoms with Crippen LogP contribution in [0.4, 0.5) is 0 Å². The van der Waals surface area contributed by atoms with Gasteiger partial charge in [0.1, 0.15) is 5.60 Å². The van der Waals surface area contributed by atoms with Crippen LogP contribution >= 0.6 is 0 Å². The Morgan fingerprint density at radius 3 is 3.08 bits per heavy atom. The highest BCUT2D eigenvalue weighted by Crippen LogP contribution is 2.52. The molecule has 8 nitrogen and oxygen atoms in total. The molecule has 138 valence electrons. The first-order valence-electron chi connectivity index (χ1n) is 8.70. The smallest absolute Gasteiger partial charge is 0.230 e. The second kappa shape index (κ2) is 6.44. The van der Waals surface area contributed by atoms with E-state index < -0.39 is 17.4 Å². The number of ether oxygens (including phenoxy) is 2. The molecule has 1 aromatic rings. The number of likely N-dealkylation sites (tertiary alicyclic amines) is 1. The van der Waals surface area contributed by atoms with Gasteiger partial charge >= 0.3 is 0 Å². The Bertz CT molecular complexity index is 740. The first-order valence-corrected chi connectivity index (χ1v) is 8.70. The summed E-state index contributed by atoms with van der Waals surface area (Å²) in [5.41, 5.74) is 0.0283. The van der Waals surface area contributed by atoms with Crippen LogP contribution in [-0.2, 0) is 25.6 Å². The maximum absolute atomic E-state index is 13.1. The molecule has 8 heteroatoms. The topological polar surface area (TPSA) is 84.9 Å². The largest absolute Gasteiger partial charge is 0.383 e. The maximum Gasteiger partial charge on any atom is 0.230 e. The van der Waals surface area contributed by atoms with Crippen molar-refractivity contribution >= 4 is 11.8 Å². The molecule has 2 saturated heterocycles. The van der Waals surface area contributed by atoms with Gasteiger partial charge in [0, 0.05) is 33.1 Å². The Kier molecular flexibility index (Phi) is 4.24. The maximum atomic E-state index is 13.1. The molecule has 3 aliphatic rings. The van der Waals surface area contributed by atoms with Gasteiger partial charge in [-0.05, 0) is 0 Å². The third-order valence-electron chi connectivity index (χ3n) is 5.42. The van der Waals surface area contributed by atoms with Crippen molar-refractivity contribution in [3.8, 4) is 0 Å². The fourth-order valence-electron chi connectivity index (χ4n) is 4.24. The second-order valence-electron chi connectivity index (χ2n) is 7.04. The van der Waals surface area contributed by atoms with Crippen LogP contribution in [0.3, 0.4) is 0 Å². The predicted octanol–water partition coefficient (Wildman–Crippen LogP) is -0.137. The Labute approximate surface area is 151 Å². The summed E-state index contributed by atoms with van der Waals surface area (Å²) in [6.07, 6.45) is 8.36. The fraction of sp³-hybridized carbons (Fsp3) is 0.556. The molecule has 0 saturated carbocycles. The van der Waals surface area contributed by atoms with Gasteiger partial charge in [-0.3, -0.25) is 19.6 Å². The van der Waals surface area contributed by atoms with Gasteiger partial charge < -0.3 is 19.3 Å². The van der Waals surface area contributed by atoms with Crippen molar-refractivity contribution < 1.29 is 19.1 Å². The minimum Gasteiger partial charge on any atom is -0.383 e. The van der Waals surface area contributed by atoms with Gasteiger partial charge in [0.15, 0.2) is 0 Å². The summed E-state index contributed by atoms with van der Waals surface area (Å²) in [7, 11) is 3.33. The SMILES string of the molecule is COCCN1C[C@]23C=C[C@H](O2)C(C(=O)N(C)Cc2cnccn2)C3C1=O. The lowest BCUT2D eigenvalue weighted by molar-refractivity contribution is -0.142. The Morgan fingerprint density at radius 2 is 2.35 bits per heavy atom. The average molecular weight is 358 g/mol. The molecule has 0 N–H and O–H groups in total. The summed E-state index contributed by atoms with van der Waals surface area (Å²) >= 11 is 0. The predicted molar refractivity (Wildman–Crippen MR) is 90.7 cm³/mol. The molecule has 0 aromatic carbocycles. The van der Waals surface area contributed by atoms with Crippen molar-refractivity contribution in [2.75, 3.05) is 33.9 Å². The molecule has 26 heavy (non-hydrogen) atoms. The van der Waals surface area contributed by atoms with E-state index in [0.29, 0.717) is 31.9 Å². The molecule has 3 aliphatic heterocycles. The van der Waals surface area contributed by atoms with Gasteiger partial charge in [-0.15, -0.1) is 0 Å². The highest BCUT2D eigenvalue weighted by Gasteiger charge is 2.66. The Balaban J connectivity index is 1.53. The van der Waals surface area contributed by atoms with Crippen LogP contribution in [0.15, 0.2) is 30.7 Å². The van der Waals surface area contributed by atoms with Crippen molar-refractivity contribution in [1.82, 2.24) is 19.8 Å². The molecule has 2 bridgehead atoms. The van der Waals surface area contributed by atoms with Crippen LogP contribution in [0, 0.1) is 11.8 Å². The van der Waals surface area contributed by atoms with E-state index in [9.17, 15) is 9.59 Å². The fourth-order valence-corrected chi connectivity index (χ4v) is 4.24. The van der Waals surface area contributed by atoms with Gasteiger partial charge in [0.25, 0.3) is 0 Å². The van der Waals surface area contributed by atoms with E-state index in [2.05, 4.69) is 9.97 Å². The number of hydrogen-bond acceptors (Lipinski definition) is 6. The van der Waals surface area contributed by atoms with Crippen LogP contribution in [0.5, 0.6) is 0 Å². The standard InChI is InChI=1S/C18H22N4O4/c1-21(10-12-9-19-5-6-20-12)16(23)14-13-3-4-18(26-13)11-22(7-8-25-2)17(24)15(14)18/h3-6,9,13-15H,7-8,10-11H2,1-2H3/t13-,14?,15?,18-/m0/s1. The number of carbonyl (C=O) groups is 2.